The number of aliphatic hydroxyl groups is 1. The lowest BCUT2D eigenvalue weighted by atomic mass is 9.92. The maximum Gasteiger partial charge on any atom is 0.257 e. The molecule has 6 nitrogen and oxygen atoms in total. The van der Waals surface area contributed by atoms with E-state index in [0.29, 0.717) is 23.9 Å². The molecule has 1 fully saturated rings. The summed E-state index contributed by atoms with van der Waals surface area (Å²) in [5.74, 6) is -0.368. The lowest BCUT2D eigenvalue weighted by molar-refractivity contribution is 0.0915. The zero-order valence-electron chi connectivity index (χ0n) is 15.0. The van der Waals surface area contributed by atoms with E-state index in [2.05, 4.69) is 10.3 Å². The van der Waals surface area contributed by atoms with E-state index in [9.17, 15) is 14.7 Å². The summed E-state index contributed by atoms with van der Waals surface area (Å²) in [5, 5.41) is 13.1. The molecular weight excluding hydrogens is 318 g/mol. The summed E-state index contributed by atoms with van der Waals surface area (Å²) in [6, 6.07) is 3.55. The number of fused-ring (bicyclic) bond motifs is 1. The van der Waals surface area contributed by atoms with Crippen LogP contribution in [0.25, 0.3) is 11.0 Å². The zero-order chi connectivity index (χ0) is 18.2. The van der Waals surface area contributed by atoms with Gasteiger partial charge in [0.25, 0.3) is 5.91 Å². The first kappa shape index (κ1) is 17.6. The molecular formula is C19H25N3O3. The molecule has 3 rings (SSSR count). The second-order valence-corrected chi connectivity index (χ2v) is 7.82. The number of carbonyl (C=O) groups excluding carboxylic acids is 1. The number of rotatable bonds is 2. The van der Waals surface area contributed by atoms with E-state index in [1.165, 1.54) is 0 Å². The van der Waals surface area contributed by atoms with Gasteiger partial charge in [-0.3, -0.25) is 9.59 Å². The van der Waals surface area contributed by atoms with Crippen molar-refractivity contribution in [2.75, 3.05) is 0 Å². The van der Waals surface area contributed by atoms with Crippen molar-refractivity contribution in [1.29, 1.82) is 0 Å². The van der Waals surface area contributed by atoms with Gasteiger partial charge in [-0.25, -0.2) is 4.98 Å². The second kappa shape index (κ2) is 6.59. The average Bonchev–Trinajstić information content (AvgIpc) is 2.55. The highest BCUT2D eigenvalue weighted by molar-refractivity contribution is 5.97. The molecule has 6 heteroatoms. The van der Waals surface area contributed by atoms with Gasteiger partial charge in [0.05, 0.1) is 11.5 Å². The first-order valence-electron chi connectivity index (χ1n) is 8.77. The van der Waals surface area contributed by atoms with Crippen LogP contribution in [0.15, 0.2) is 29.3 Å². The number of nitrogens with one attached hydrogen (secondary N) is 1. The molecule has 0 atom stereocenters. The smallest absolute Gasteiger partial charge is 0.257 e. The first-order valence-corrected chi connectivity index (χ1v) is 8.77. The van der Waals surface area contributed by atoms with Crippen LogP contribution in [-0.4, -0.2) is 32.2 Å². The third-order valence-electron chi connectivity index (χ3n) is 4.58. The molecule has 25 heavy (non-hydrogen) atoms. The van der Waals surface area contributed by atoms with Gasteiger partial charge in [-0.15, -0.1) is 0 Å². The predicted octanol–water partition coefficient (Wildman–Crippen LogP) is 2.40. The summed E-state index contributed by atoms with van der Waals surface area (Å²) in [4.78, 5) is 29.8. The number of nitrogens with zero attached hydrogens (tertiary/aromatic N) is 2. The van der Waals surface area contributed by atoms with Crippen LogP contribution in [0, 0.1) is 0 Å². The molecule has 0 spiro atoms. The normalized spacial score (nSPS) is 21.3. The standard InChI is InChI=1S/C19H25N3O3/c1-19(2,3)21-18(25)15-11-22(12-6-8-13(23)9-7-12)17-14(16(15)24)5-4-10-20-17/h4-5,10-13,23H,6-9H2,1-3H3,(H,21,25)/t12-,13-. The highest BCUT2D eigenvalue weighted by Crippen LogP contribution is 2.30. The van der Waals surface area contributed by atoms with Crippen LogP contribution in [0.1, 0.15) is 62.9 Å². The van der Waals surface area contributed by atoms with Gasteiger partial charge in [0.1, 0.15) is 11.2 Å². The van der Waals surface area contributed by atoms with Crippen LogP contribution in [-0.2, 0) is 0 Å². The highest BCUT2D eigenvalue weighted by Gasteiger charge is 2.25. The topological polar surface area (TPSA) is 84.2 Å². The molecule has 0 bridgehead atoms. The van der Waals surface area contributed by atoms with Gasteiger partial charge in [-0.1, -0.05) is 0 Å². The number of aliphatic hydroxyl groups excluding tert-OH is 1. The van der Waals surface area contributed by atoms with E-state index in [0.717, 1.165) is 12.8 Å². The second-order valence-electron chi connectivity index (χ2n) is 7.82. The van der Waals surface area contributed by atoms with Crippen molar-refractivity contribution in [2.45, 2.75) is 64.1 Å². The summed E-state index contributed by atoms with van der Waals surface area (Å²) in [6.07, 6.45) is 6.07. The Labute approximate surface area is 146 Å². The third-order valence-corrected chi connectivity index (χ3v) is 4.58. The quantitative estimate of drug-likeness (QED) is 0.877. The van der Waals surface area contributed by atoms with E-state index in [1.807, 2.05) is 25.3 Å². The molecule has 2 aromatic rings. The Bertz CT molecular complexity index is 843. The SMILES string of the molecule is CC(C)(C)NC(=O)c1cn([C@H]2CC[C@H](O)CC2)c2ncccc2c1=O. The maximum absolute atomic E-state index is 12.8. The average molecular weight is 343 g/mol. The van der Waals surface area contributed by atoms with Gasteiger partial charge in [0, 0.05) is 24.0 Å². The number of pyridine rings is 2. The van der Waals surface area contributed by atoms with E-state index < -0.39 is 5.54 Å². The van der Waals surface area contributed by atoms with Crippen LogP contribution in [0.3, 0.4) is 0 Å². The fourth-order valence-corrected chi connectivity index (χ4v) is 3.37. The maximum atomic E-state index is 12.8. The van der Waals surface area contributed by atoms with Crippen molar-refractivity contribution in [3.63, 3.8) is 0 Å². The van der Waals surface area contributed by atoms with E-state index in [-0.39, 0.29) is 29.0 Å². The lowest BCUT2D eigenvalue weighted by Gasteiger charge is -2.29. The minimum Gasteiger partial charge on any atom is -0.393 e. The first-order chi connectivity index (χ1) is 11.8. The summed E-state index contributed by atoms with van der Waals surface area (Å²) < 4.78 is 1.94. The zero-order valence-corrected chi connectivity index (χ0v) is 15.0. The molecule has 2 aromatic heterocycles. The predicted molar refractivity (Wildman–Crippen MR) is 96.7 cm³/mol. The van der Waals surface area contributed by atoms with E-state index >= 15 is 0 Å². The van der Waals surface area contributed by atoms with Gasteiger partial charge < -0.3 is 15.0 Å². The number of hydrogen-bond acceptors (Lipinski definition) is 4. The van der Waals surface area contributed by atoms with E-state index in [4.69, 9.17) is 0 Å². The molecule has 1 aliphatic carbocycles. The van der Waals surface area contributed by atoms with Gasteiger partial charge in [-0.05, 0) is 58.6 Å². The van der Waals surface area contributed by atoms with Gasteiger partial charge >= 0.3 is 0 Å². The van der Waals surface area contributed by atoms with Crippen LogP contribution < -0.4 is 10.7 Å². The third kappa shape index (κ3) is 3.74. The molecule has 2 heterocycles. The Kier molecular flexibility index (Phi) is 4.64. The van der Waals surface area contributed by atoms with Crippen molar-refractivity contribution >= 4 is 16.9 Å². The van der Waals surface area contributed by atoms with Crippen LogP contribution in [0.4, 0.5) is 0 Å². The van der Waals surface area contributed by atoms with Crippen molar-refractivity contribution in [2.24, 2.45) is 0 Å². The minimum atomic E-state index is -0.423. The molecule has 0 saturated heterocycles. The summed E-state index contributed by atoms with van der Waals surface area (Å²) in [6.45, 7) is 5.65. The summed E-state index contributed by atoms with van der Waals surface area (Å²) in [7, 11) is 0. The molecule has 2 N–H and O–H groups in total. The highest BCUT2D eigenvalue weighted by atomic mass is 16.3. The molecule has 134 valence electrons. The van der Waals surface area contributed by atoms with Crippen LogP contribution in [0.5, 0.6) is 0 Å². The lowest BCUT2D eigenvalue weighted by Crippen LogP contribution is -2.42. The molecule has 0 aromatic carbocycles. The molecule has 0 unspecified atom stereocenters. The van der Waals surface area contributed by atoms with Gasteiger partial charge in [-0.2, -0.15) is 0 Å². The fourth-order valence-electron chi connectivity index (χ4n) is 3.37. The monoisotopic (exact) mass is 343 g/mol. The van der Waals surface area contributed by atoms with Crippen molar-refractivity contribution in [3.8, 4) is 0 Å². The fraction of sp³-hybridized carbons (Fsp3) is 0.526. The van der Waals surface area contributed by atoms with Crippen LogP contribution >= 0.6 is 0 Å². The largest absolute Gasteiger partial charge is 0.393 e. The minimum absolute atomic E-state index is 0.127. The molecule has 0 aliphatic heterocycles. The Morgan fingerprint density at radius 3 is 2.60 bits per heavy atom. The Morgan fingerprint density at radius 1 is 1.28 bits per heavy atom. The Morgan fingerprint density at radius 2 is 1.96 bits per heavy atom. The van der Waals surface area contributed by atoms with Gasteiger partial charge in [0.15, 0.2) is 0 Å². The van der Waals surface area contributed by atoms with E-state index in [1.54, 1.807) is 24.5 Å². The van der Waals surface area contributed by atoms with Crippen molar-refractivity contribution in [1.82, 2.24) is 14.9 Å². The number of hydrogen-bond donors (Lipinski definition) is 2. The van der Waals surface area contributed by atoms with Gasteiger partial charge in [0.2, 0.25) is 5.43 Å². The molecule has 1 amide bonds. The number of aromatic nitrogens is 2. The van der Waals surface area contributed by atoms with Crippen molar-refractivity contribution in [3.05, 3.63) is 40.3 Å². The Balaban J connectivity index is 2.11. The molecule has 1 aliphatic rings. The number of carbonyl (C=O) groups is 1. The van der Waals surface area contributed by atoms with Crippen LogP contribution in [0.2, 0.25) is 0 Å². The number of amides is 1. The van der Waals surface area contributed by atoms with Crippen molar-refractivity contribution < 1.29 is 9.90 Å². The Hall–Kier alpha value is -2.21. The summed E-state index contributed by atoms with van der Waals surface area (Å²) >= 11 is 0. The molecule has 0 radical (unpaired) electrons. The summed E-state index contributed by atoms with van der Waals surface area (Å²) in [5.41, 5.74) is 0.0207. The molecule has 1 saturated carbocycles.